The van der Waals surface area contributed by atoms with Gasteiger partial charge < -0.3 is 0 Å². The summed E-state index contributed by atoms with van der Waals surface area (Å²) >= 11 is 0. The van der Waals surface area contributed by atoms with Crippen molar-refractivity contribution in [1.29, 1.82) is 0 Å². The van der Waals surface area contributed by atoms with Crippen LogP contribution in [0.15, 0.2) is 48.5 Å². The minimum atomic E-state index is 0.481. The molecule has 1 atom stereocenters. The summed E-state index contributed by atoms with van der Waals surface area (Å²) in [7, 11) is 0. The van der Waals surface area contributed by atoms with E-state index in [2.05, 4.69) is 83.1 Å². The van der Waals surface area contributed by atoms with E-state index in [0.717, 1.165) is 0 Å². The van der Waals surface area contributed by atoms with Crippen molar-refractivity contribution in [3.8, 4) is 0 Å². The number of hydrogen-bond donors (Lipinski definition) is 0. The van der Waals surface area contributed by atoms with E-state index in [-0.39, 0.29) is 0 Å². The number of benzene rings is 2. The first kappa shape index (κ1) is 14.8. The van der Waals surface area contributed by atoms with Gasteiger partial charge in [0, 0.05) is 5.92 Å². The molecule has 0 aromatic heterocycles. The molecule has 20 heavy (non-hydrogen) atoms. The number of hydrogen-bond acceptors (Lipinski definition) is 0. The average molecular weight is 266 g/mol. The molecular weight excluding hydrogens is 240 g/mol. The second-order valence-electron chi connectivity index (χ2n) is 6.41. The first-order valence-electron chi connectivity index (χ1n) is 7.62. The first-order chi connectivity index (χ1) is 9.49. The highest BCUT2D eigenvalue weighted by Crippen LogP contribution is 2.36. The minimum absolute atomic E-state index is 0.481. The van der Waals surface area contributed by atoms with E-state index < -0.39 is 0 Å². The maximum Gasteiger partial charge on any atom is 0.0118 e. The van der Waals surface area contributed by atoms with Gasteiger partial charge in [0.25, 0.3) is 0 Å². The summed E-state index contributed by atoms with van der Waals surface area (Å²) in [4.78, 5) is 0. The second kappa shape index (κ2) is 6.26. The van der Waals surface area contributed by atoms with Crippen molar-refractivity contribution in [3.05, 3.63) is 70.8 Å². The van der Waals surface area contributed by atoms with E-state index in [1.54, 1.807) is 0 Å². The predicted molar refractivity (Wildman–Crippen MR) is 88.2 cm³/mol. The van der Waals surface area contributed by atoms with Crippen LogP contribution in [-0.4, -0.2) is 0 Å². The lowest BCUT2D eigenvalue weighted by Crippen LogP contribution is -2.17. The monoisotopic (exact) mass is 266 g/mol. The molecule has 0 nitrogen and oxygen atoms in total. The summed E-state index contributed by atoms with van der Waals surface area (Å²) in [5.74, 6) is 1.77. The van der Waals surface area contributed by atoms with E-state index in [1.165, 1.54) is 22.3 Å². The molecule has 0 N–H and O–H groups in total. The molecule has 0 spiro atoms. The highest BCUT2D eigenvalue weighted by molar-refractivity contribution is 5.37. The lowest BCUT2D eigenvalue weighted by atomic mass is 9.76. The van der Waals surface area contributed by atoms with Gasteiger partial charge in [-0.15, -0.1) is 0 Å². The zero-order chi connectivity index (χ0) is 14.7. The van der Waals surface area contributed by atoms with Crippen molar-refractivity contribution < 1.29 is 0 Å². The van der Waals surface area contributed by atoms with Crippen LogP contribution in [0.25, 0.3) is 0 Å². The van der Waals surface area contributed by atoms with Crippen molar-refractivity contribution in [2.24, 2.45) is 11.8 Å². The van der Waals surface area contributed by atoms with E-state index in [0.29, 0.717) is 17.8 Å². The molecule has 0 saturated heterocycles. The second-order valence-corrected chi connectivity index (χ2v) is 6.41. The van der Waals surface area contributed by atoms with Gasteiger partial charge in [0.2, 0.25) is 0 Å². The largest absolute Gasteiger partial charge is 0.0625 e. The Kier molecular flexibility index (Phi) is 4.65. The van der Waals surface area contributed by atoms with Crippen LogP contribution in [0, 0.1) is 25.7 Å². The summed E-state index contributed by atoms with van der Waals surface area (Å²) in [6, 6.07) is 17.9. The molecule has 0 aliphatic carbocycles. The Morgan fingerprint density at radius 2 is 1.15 bits per heavy atom. The Balaban J connectivity index is 2.50. The third-order valence-corrected chi connectivity index (χ3v) is 4.38. The smallest absolute Gasteiger partial charge is 0.0118 e. The summed E-state index contributed by atoms with van der Waals surface area (Å²) in [5.41, 5.74) is 5.57. The third-order valence-electron chi connectivity index (χ3n) is 4.38. The van der Waals surface area contributed by atoms with Gasteiger partial charge in [-0.05, 0) is 36.8 Å². The van der Waals surface area contributed by atoms with Gasteiger partial charge >= 0.3 is 0 Å². The molecular formula is C20H26. The molecule has 0 radical (unpaired) electrons. The molecule has 0 amide bonds. The SMILES string of the molecule is Cc1cccc(C(c2cccc(C)c2)C(C)C(C)C)c1. The topological polar surface area (TPSA) is 0 Å². The molecule has 0 aliphatic rings. The van der Waals surface area contributed by atoms with Crippen LogP contribution in [0.1, 0.15) is 48.9 Å². The number of rotatable bonds is 4. The molecule has 106 valence electrons. The van der Waals surface area contributed by atoms with Gasteiger partial charge in [-0.3, -0.25) is 0 Å². The van der Waals surface area contributed by atoms with Gasteiger partial charge in [-0.25, -0.2) is 0 Å². The van der Waals surface area contributed by atoms with Gasteiger partial charge in [-0.2, -0.15) is 0 Å². The van der Waals surface area contributed by atoms with Crippen LogP contribution in [0.4, 0.5) is 0 Å². The molecule has 2 aromatic rings. The Labute approximate surface area is 123 Å². The molecule has 0 heteroatoms. The van der Waals surface area contributed by atoms with Gasteiger partial charge in [-0.1, -0.05) is 80.4 Å². The predicted octanol–water partition coefficient (Wildman–Crippen LogP) is 5.73. The molecule has 2 aromatic carbocycles. The van der Waals surface area contributed by atoms with Crippen molar-refractivity contribution in [2.45, 2.75) is 40.5 Å². The molecule has 0 saturated carbocycles. The van der Waals surface area contributed by atoms with Crippen LogP contribution in [-0.2, 0) is 0 Å². The van der Waals surface area contributed by atoms with E-state index in [4.69, 9.17) is 0 Å². The van der Waals surface area contributed by atoms with Crippen molar-refractivity contribution >= 4 is 0 Å². The van der Waals surface area contributed by atoms with E-state index >= 15 is 0 Å². The van der Waals surface area contributed by atoms with E-state index in [9.17, 15) is 0 Å². The normalized spacial score (nSPS) is 12.9. The van der Waals surface area contributed by atoms with Crippen molar-refractivity contribution in [2.75, 3.05) is 0 Å². The molecule has 0 fully saturated rings. The Morgan fingerprint density at radius 1 is 0.700 bits per heavy atom. The fourth-order valence-corrected chi connectivity index (χ4v) is 2.91. The molecule has 0 bridgehead atoms. The van der Waals surface area contributed by atoms with Gasteiger partial charge in [0.1, 0.15) is 0 Å². The maximum absolute atomic E-state index is 2.38. The highest BCUT2D eigenvalue weighted by atomic mass is 14.3. The quantitative estimate of drug-likeness (QED) is 0.663. The van der Waals surface area contributed by atoms with Gasteiger partial charge in [0.15, 0.2) is 0 Å². The Hall–Kier alpha value is -1.56. The van der Waals surface area contributed by atoms with Crippen LogP contribution in [0.2, 0.25) is 0 Å². The zero-order valence-corrected chi connectivity index (χ0v) is 13.4. The van der Waals surface area contributed by atoms with Crippen LogP contribution in [0.5, 0.6) is 0 Å². The number of aryl methyl sites for hydroxylation is 2. The summed E-state index contributed by atoms with van der Waals surface area (Å²) < 4.78 is 0. The fourth-order valence-electron chi connectivity index (χ4n) is 2.91. The minimum Gasteiger partial charge on any atom is -0.0625 e. The lowest BCUT2D eigenvalue weighted by Gasteiger charge is -2.28. The Morgan fingerprint density at radius 3 is 1.50 bits per heavy atom. The summed E-state index contributed by atoms with van der Waals surface area (Å²) in [5, 5.41) is 0. The Bertz CT molecular complexity index is 520. The molecule has 0 aliphatic heterocycles. The van der Waals surface area contributed by atoms with Crippen LogP contribution < -0.4 is 0 Å². The first-order valence-corrected chi connectivity index (χ1v) is 7.62. The highest BCUT2D eigenvalue weighted by Gasteiger charge is 2.23. The van der Waals surface area contributed by atoms with E-state index in [1.807, 2.05) is 0 Å². The van der Waals surface area contributed by atoms with Crippen LogP contribution >= 0.6 is 0 Å². The third kappa shape index (κ3) is 3.30. The zero-order valence-electron chi connectivity index (χ0n) is 13.4. The van der Waals surface area contributed by atoms with Crippen molar-refractivity contribution in [3.63, 3.8) is 0 Å². The van der Waals surface area contributed by atoms with Gasteiger partial charge in [0.05, 0.1) is 0 Å². The fraction of sp³-hybridized carbons (Fsp3) is 0.400. The standard InChI is InChI=1S/C20H26/c1-14(2)17(5)20(18-10-6-8-15(3)12-18)19-11-7-9-16(4)13-19/h6-14,17,20H,1-5H3. The maximum atomic E-state index is 2.38. The molecule has 0 heterocycles. The average Bonchev–Trinajstić information content (AvgIpc) is 2.39. The molecule has 2 rings (SSSR count). The summed E-state index contributed by atoms with van der Waals surface area (Å²) in [6.45, 7) is 11.4. The van der Waals surface area contributed by atoms with Crippen LogP contribution in [0.3, 0.4) is 0 Å². The lowest BCUT2D eigenvalue weighted by molar-refractivity contribution is 0.377. The summed E-state index contributed by atoms with van der Waals surface area (Å²) in [6.07, 6.45) is 0. The molecule has 1 unspecified atom stereocenters. The van der Waals surface area contributed by atoms with Crippen molar-refractivity contribution in [1.82, 2.24) is 0 Å².